The summed E-state index contributed by atoms with van der Waals surface area (Å²) in [7, 11) is 0. The zero-order chi connectivity index (χ0) is 13.7. The fourth-order valence-electron chi connectivity index (χ4n) is 2.75. The number of anilines is 1. The van der Waals surface area contributed by atoms with Crippen LogP contribution in [0.15, 0.2) is 41.5 Å². The van der Waals surface area contributed by atoms with Gasteiger partial charge in [-0.1, -0.05) is 6.08 Å². The number of amides is 1. The number of allylic oxidation sites excluding steroid dienone is 1. The minimum absolute atomic E-state index is 0.101. The van der Waals surface area contributed by atoms with Crippen LogP contribution in [0.4, 0.5) is 5.82 Å². The summed E-state index contributed by atoms with van der Waals surface area (Å²) in [6.07, 6.45) is 6.31. The van der Waals surface area contributed by atoms with E-state index in [-0.39, 0.29) is 5.91 Å². The first-order valence-corrected chi connectivity index (χ1v) is 6.95. The van der Waals surface area contributed by atoms with Gasteiger partial charge in [0.2, 0.25) is 0 Å². The van der Waals surface area contributed by atoms with E-state index in [0.717, 1.165) is 23.6 Å². The molecule has 1 aliphatic carbocycles. The highest BCUT2D eigenvalue weighted by Gasteiger charge is 2.35. The molecule has 1 aromatic rings. The zero-order valence-corrected chi connectivity index (χ0v) is 11.3. The summed E-state index contributed by atoms with van der Waals surface area (Å²) in [5, 5.41) is 6.39. The lowest BCUT2D eigenvalue weighted by molar-refractivity contribution is 0.0966. The van der Waals surface area contributed by atoms with Crippen LogP contribution in [0.5, 0.6) is 0 Å². The molecule has 4 rings (SSSR count). The van der Waals surface area contributed by atoms with Gasteiger partial charge in [-0.15, -0.1) is 0 Å². The summed E-state index contributed by atoms with van der Waals surface area (Å²) >= 11 is 0. The third-order valence-electron chi connectivity index (χ3n) is 4.03. The quantitative estimate of drug-likeness (QED) is 0.816. The molecule has 0 bridgehead atoms. The lowest BCUT2D eigenvalue weighted by atomic mass is 10.1. The first kappa shape index (κ1) is 11.5. The number of pyridine rings is 1. The standard InChI is InChI=1S/C15H16N4O/c1-9-6-8-19(10-4-5-10)14-12(9)17-15(20)11-3-2-7-16-13(11)18-14/h2-3,6-7,10H,4-5,8H2,1H3,(H,16,18)(H,17,20). The molecule has 0 atom stereocenters. The number of hydrogen-bond donors (Lipinski definition) is 2. The average Bonchev–Trinajstić information content (AvgIpc) is 3.27. The Bertz CT molecular complexity index is 658. The number of nitrogens with zero attached hydrogens (tertiary/aromatic N) is 2. The first-order chi connectivity index (χ1) is 9.74. The molecule has 5 nitrogen and oxygen atoms in total. The average molecular weight is 268 g/mol. The van der Waals surface area contributed by atoms with Gasteiger partial charge in [-0.25, -0.2) is 4.98 Å². The van der Waals surface area contributed by atoms with Crippen LogP contribution in [0.3, 0.4) is 0 Å². The highest BCUT2D eigenvalue weighted by atomic mass is 16.1. The number of carbonyl (C=O) groups is 1. The molecule has 102 valence electrons. The van der Waals surface area contributed by atoms with Gasteiger partial charge in [-0.05, 0) is 37.5 Å². The molecule has 2 N–H and O–H groups in total. The van der Waals surface area contributed by atoms with Crippen LogP contribution in [-0.2, 0) is 0 Å². The number of nitrogens with one attached hydrogen (secondary N) is 2. The van der Waals surface area contributed by atoms with Gasteiger partial charge >= 0.3 is 0 Å². The third kappa shape index (κ3) is 1.70. The number of hydrogen-bond acceptors (Lipinski definition) is 4. The summed E-state index contributed by atoms with van der Waals surface area (Å²) in [5.41, 5.74) is 2.57. The van der Waals surface area contributed by atoms with Crippen molar-refractivity contribution in [2.45, 2.75) is 25.8 Å². The molecule has 0 unspecified atom stereocenters. The Kier molecular flexibility index (Phi) is 2.36. The van der Waals surface area contributed by atoms with E-state index in [0.29, 0.717) is 17.4 Å². The normalized spacial score (nSPS) is 21.4. The van der Waals surface area contributed by atoms with Crippen molar-refractivity contribution in [3.8, 4) is 0 Å². The lowest BCUT2D eigenvalue weighted by Gasteiger charge is -2.32. The maximum atomic E-state index is 12.3. The molecule has 1 amide bonds. The van der Waals surface area contributed by atoms with E-state index < -0.39 is 0 Å². The van der Waals surface area contributed by atoms with Crippen molar-refractivity contribution in [3.05, 3.63) is 47.1 Å². The molecule has 20 heavy (non-hydrogen) atoms. The molecular weight excluding hydrogens is 252 g/mol. The first-order valence-electron chi connectivity index (χ1n) is 6.95. The smallest absolute Gasteiger partial charge is 0.259 e. The monoisotopic (exact) mass is 268 g/mol. The Balaban J connectivity index is 1.83. The van der Waals surface area contributed by atoms with Gasteiger partial charge in [-0.3, -0.25) is 4.79 Å². The highest BCUT2D eigenvalue weighted by Crippen LogP contribution is 2.35. The summed E-state index contributed by atoms with van der Waals surface area (Å²) in [5.74, 6) is 1.52. The summed E-state index contributed by atoms with van der Waals surface area (Å²) in [4.78, 5) is 19.0. The Labute approximate surface area is 117 Å². The predicted molar refractivity (Wildman–Crippen MR) is 75.8 cm³/mol. The van der Waals surface area contributed by atoms with Gasteiger partial charge in [-0.2, -0.15) is 0 Å². The Morgan fingerprint density at radius 2 is 2.20 bits per heavy atom. The second kappa shape index (κ2) is 4.10. The predicted octanol–water partition coefficient (Wildman–Crippen LogP) is 1.83. The molecule has 0 radical (unpaired) electrons. The lowest BCUT2D eigenvalue weighted by Crippen LogP contribution is -2.36. The number of carbonyl (C=O) groups excluding carboxylic acids is 1. The van der Waals surface area contributed by atoms with Crippen LogP contribution in [0.1, 0.15) is 30.1 Å². The number of aromatic nitrogens is 1. The van der Waals surface area contributed by atoms with Crippen molar-refractivity contribution in [1.29, 1.82) is 0 Å². The van der Waals surface area contributed by atoms with Crippen molar-refractivity contribution >= 4 is 11.7 Å². The van der Waals surface area contributed by atoms with Crippen molar-refractivity contribution < 1.29 is 4.79 Å². The van der Waals surface area contributed by atoms with Crippen LogP contribution >= 0.6 is 0 Å². The number of rotatable bonds is 1. The number of fused-ring (bicyclic) bond motifs is 1. The minimum Gasteiger partial charge on any atom is -0.350 e. The Hall–Kier alpha value is -2.30. The second-order valence-electron chi connectivity index (χ2n) is 5.47. The molecule has 0 aromatic carbocycles. The van der Waals surface area contributed by atoms with Crippen LogP contribution in [0, 0.1) is 0 Å². The van der Waals surface area contributed by atoms with Gasteiger partial charge in [0.1, 0.15) is 11.6 Å². The van der Waals surface area contributed by atoms with Crippen LogP contribution in [0.25, 0.3) is 0 Å². The highest BCUT2D eigenvalue weighted by molar-refractivity contribution is 6.01. The van der Waals surface area contributed by atoms with Crippen molar-refractivity contribution in [2.75, 3.05) is 11.9 Å². The second-order valence-corrected chi connectivity index (χ2v) is 5.47. The molecule has 5 heteroatoms. The topological polar surface area (TPSA) is 57.3 Å². The van der Waals surface area contributed by atoms with Crippen LogP contribution in [0.2, 0.25) is 0 Å². The zero-order valence-electron chi connectivity index (χ0n) is 11.3. The Morgan fingerprint density at radius 1 is 1.35 bits per heavy atom. The third-order valence-corrected chi connectivity index (χ3v) is 4.03. The van der Waals surface area contributed by atoms with Crippen molar-refractivity contribution in [3.63, 3.8) is 0 Å². The SMILES string of the molecule is CC1=CCN(C2CC2)C2=C1NC(=O)c1cccnc1N2. The largest absolute Gasteiger partial charge is 0.350 e. The molecule has 3 heterocycles. The van der Waals surface area contributed by atoms with E-state index in [1.165, 1.54) is 12.8 Å². The van der Waals surface area contributed by atoms with Crippen LogP contribution in [-0.4, -0.2) is 28.4 Å². The fourth-order valence-corrected chi connectivity index (χ4v) is 2.75. The fraction of sp³-hybridized carbons (Fsp3) is 0.333. The van der Waals surface area contributed by atoms with Crippen LogP contribution < -0.4 is 10.6 Å². The molecule has 3 aliphatic rings. The molecule has 1 saturated carbocycles. The van der Waals surface area contributed by atoms with E-state index in [1.807, 2.05) is 6.92 Å². The maximum Gasteiger partial charge on any atom is 0.259 e. The van der Waals surface area contributed by atoms with Gasteiger partial charge in [0, 0.05) is 18.8 Å². The van der Waals surface area contributed by atoms with E-state index >= 15 is 0 Å². The van der Waals surface area contributed by atoms with E-state index in [4.69, 9.17) is 0 Å². The van der Waals surface area contributed by atoms with E-state index in [2.05, 4.69) is 26.6 Å². The van der Waals surface area contributed by atoms with Gasteiger partial charge in [0.05, 0.1) is 11.3 Å². The maximum absolute atomic E-state index is 12.3. The van der Waals surface area contributed by atoms with E-state index in [1.54, 1.807) is 18.3 Å². The molecule has 1 fully saturated rings. The molecule has 0 saturated heterocycles. The van der Waals surface area contributed by atoms with Gasteiger partial charge in [0.25, 0.3) is 5.91 Å². The minimum atomic E-state index is -0.101. The summed E-state index contributed by atoms with van der Waals surface area (Å²) in [6.45, 7) is 2.92. The van der Waals surface area contributed by atoms with E-state index in [9.17, 15) is 4.79 Å². The van der Waals surface area contributed by atoms with Crippen molar-refractivity contribution in [1.82, 2.24) is 15.2 Å². The van der Waals surface area contributed by atoms with Gasteiger partial charge in [0.15, 0.2) is 0 Å². The molecule has 0 spiro atoms. The molecule has 2 aliphatic heterocycles. The Morgan fingerprint density at radius 3 is 3.00 bits per heavy atom. The summed E-state index contributed by atoms with van der Waals surface area (Å²) in [6, 6.07) is 4.16. The molecular formula is C15H16N4O. The molecule has 1 aromatic heterocycles. The van der Waals surface area contributed by atoms with Crippen molar-refractivity contribution in [2.24, 2.45) is 0 Å². The summed E-state index contributed by atoms with van der Waals surface area (Å²) < 4.78 is 0. The van der Waals surface area contributed by atoms with Gasteiger partial charge < -0.3 is 15.5 Å².